The van der Waals surface area contributed by atoms with Gasteiger partial charge in [0.2, 0.25) is 5.91 Å². The number of H-pyrrole nitrogens is 1. The number of fused-ring (bicyclic) bond motifs is 1. The number of aromatic nitrogens is 4. The highest BCUT2D eigenvalue weighted by atomic mass is 32.2. The maximum absolute atomic E-state index is 12.4. The molecule has 3 heterocycles. The lowest BCUT2D eigenvalue weighted by molar-refractivity contribution is -0.117. The number of carbonyl (C=O) groups excluding carboxylic acids is 2. The van der Waals surface area contributed by atoms with E-state index < -0.39 is 5.91 Å². The highest BCUT2D eigenvalue weighted by molar-refractivity contribution is 7.99. The molecule has 4 aromatic rings. The van der Waals surface area contributed by atoms with Gasteiger partial charge in [-0.25, -0.2) is 0 Å². The third kappa shape index (κ3) is 4.69. The van der Waals surface area contributed by atoms with E-state index in [0.29, 0.717) is 17.3 Å². The van der Waals surface area contributed by atoms with Crippen LogP contribution in [-0.2, 0) is 16.1 Å². The lowest BCUT2D eigenvalue weighted by Gasteiger charge is -2.14. The number of thioether (sulfide) groups is 1. The number of nitrogens with zero attached hydrogens (tertiary/aromatic N) is 3. The topological polar surface area (TPSA) is 102 Å². The molecular formula is C24H23N5O3S. The van der Waals surface area contributed by atoms with E-state index >= 15 is 0 Å². The van der Waals surface area contributed by atoms with Crippen LogP contribution in [0.15, 0.2) is 66.0 Å². The number of hydrogen-bond acceptors (Lipinski definition) is 6. The zero-order chi connectivity index (χ0) is 22.6. The summed E-state index contributed by atoms with van der Waals surface area (Å²) in [5.41, 5.74) is 2.41. The maximum Gasteiger partial charge on any atom is 0.257 e. The van der Waals surface area contributed by atoms with Crippen molar-refractivity contribution >= 4 is 34.5 Å². The van der Waals surface area contributed by atoms with Gasteiger partial charge in [0.1, 0.15) is 0 Å². The number of aromatic amines is 1. The van der Waals surface area contributed by atoms with Crippen LogP contribution in [0.5, 0.6) is 0 Å². The van der Waals surface area contributed by atoms with Gasteiger partial charge in [-0.1, -0.05) is 48.2 Å². The van der Waals surface area contributed by atoms with Crippen LogP contribution >= 0.6 is 11.8 Å². The predicted octanol–water partition coefficient (Wildman–Crippen LogP) is 3.65. The van der Waals surface area contributed by atoms with Gasteiger partial charge in [-0.3, -0.25) is 19.5 Å². The molecule has 2 amide bonds. The van der Waals surface area contributed by atoms with Gasteiger partial charge in [-0.05, 0) is 31.0 Å². The monoisotopic (exact) mass is 461 g/mol. The average Bonchev–Trinajstić information content (AvgIpc) is 3.59. The summed E-state index contributed by atoms with van der Waals surface area (Å²) in [5, 5.41) is 12.9. The molecular weight excluding hydrogens is 438 g/mol. The number of hydrogen-bond donors (Lipinski definition) is 2. The first kappa shape index (κ1) is 21.4. The van der Waals surface area contributed by atoms with E-state index in [-0.39, 0.29) is 17.8 Å². The minimum Gasteiger partial charge on any atom is -0.376 e. The number of ether oxygens (including phenoxy) is 1. The molecule has 1 unspecified atom stereocenters. The molecule has 2 N–H and O–H groups in total. The molecule has 8 nitrogen and oxygen atoms in total. The summed E-state index contributed by atoms with van der Waals surface area (Å²) in [5.74, 6) is -0.0160. The predicted molar refractivity (Wildman–Crippen MR) is 126 cm³/mol. The highest BCUT2D eigenvalue weighted by Gasteiger charge is 2.23. The first-order chi connectivity index (χ1) is 16.2. The van der Waals surface area contributed by atoms with Crippen LogP contribution in [0, 0.1) is 0 Å². The van der Waals surface area contributed by atoms with Gasteiger partial charge in [0.05, 0.1) is 18.4 Å². The van der Waals surface area contributed by atoms with Crippen LogP contribution in [-0.4, -0.2) is 50.0 Å². The van der Waals surface area contributed by atoms with Crippen molar-refractivity contribution in [2.24, 2.45) is 0 Å². The van der Waals surface area contributed by atoms with Crippen molar-refractivity contribution in [3.8, 4) is 11.4 Å². The van der Waals surface area contributed by atoms with Crippen molar-refractivity contribution in [3.63, 3.8) is 0 Å². The molecule has 1 atom stereocenters. The molecule has 0 saturated carbocycles. The molecule has 2 aromatic carbocycles. The Balaban J connectivity index is 1.35. The molecule has 1 aliphatic rings. The summed E-state index contributed by atoms with van der Waals surface area (Å²) in [4.78, 5) is 28.0. The van der Waals surface area contributed by atoms with Crippen LogP contribution < -0.4 is 5.32 Å². The third-order valence-corrected chi connectivity index (χ3v) is 6.55. The van der Waals surface area contributed by atoms with Gasteiger partial charge in [0.25, 0.3) is 5.91 Å². The van der Waals surface area contributed by atoms with Crippen molar-refractivity contribution in [2.75, 3.05) is 12.4 Å². The van der Waals surface area contributed by atoms with Gasteiger partial charge in [0.15, 0.2) is 11.0 Å². The lowest BCUT2D eigenvalue weighted by Crippen LogP contribution is -2.31. The second-order valence-electron chi connectivity index (χ2n) is 7.83. The summed E-state index contributed by atoms with van der Waals surface area (Å²) >= 11 is 1.26. The molecule has 0 bridgehead atoms. The van der Waals surface area contributed by atoms with E-state index in [1.165, 1.54) is 11.8 Å². The largest absolute Gasteiger partial charge is 0.376 e. The molecule has 5 rings (SSSR count). The number of nitrogens with one attached hydrogen (secondary N) is 2. The number of carbonyl (C=O) groups is 2. The van der Waals surface area contributed by atoms with Crippen LogP contribution in [0.1, 0.15) is 23.2 Å². The zero-order valence-electron chi connectivity index (χ0n) is 17.9. The van der Waals surface area contributed by atoms with Crippen molar-refractivity contribution in [1.82, 2.24) is 25.1 Å². The van der Waals surface area contributed by atoms with Crippen molar-refractivity contribution in [2.45, 2.75) is 30.6 Å². The Morgan fingerprint density at radius 3 is 2.76 bits per heavy atom. The van der Waals surface area contributed by atoms with Gasteiger partial charge in [-0.2, -0.15) is 0 Å². The van der Waals surface area contributed by atoms with E-state index in [9.17, 15) is 9.59 Å². The number of benzene rings is 2. The van der Waals surface area contributed by atoms with Gasteiger partial charge >= 0.3 is 0 Å². The number of imide groups is 1. The Morgan fingerprint density at radius 1 is 1.12 bits per heavy atom. The van der Waals surface area contributed by atoms with Crippen LogP contribution in [0.25, 0.3) is 22.3 Å². The average molecular weight is 462 g/mol. The molecule has 33 heavy (non-hydrogen) atoms. The lowest BCUT2D eigenvalue weighted by atomic mass is 10.1. The number of amides is 2. The third-order valence-electron chi connectivity index (χ3n) is 5.58. The first-order valence-electron chi connectivity index (χ1n) is 10.8. The second kappa shape index (κ2) is 9.60. The van der Waals surface area contributed by atoms with Crippen LogP contribution in [0.3, 0.4) is 0 Å². The highest BCUT2D eigenvalue weighted by Crippen LogP contribution is 2.31. The zero-order valence-corrected chi connectivity index (χ0v) is 18.7. The smallest absolute Gasteiger partial charge is 0.257 e. The molecule has 0 radical (unpaired) electrons. The summed E-state index contributed by atoms with van der Waals surface area (Å²) in [6, 6.07) is 16.7. The van der Waals surface area contributed by atoms with Gasteiger partial charge in [-0.15, -0.1) is 10.2 Å². The molecule has 9 heteroatoms. The minimum atomic E-state index is -0.415. The maximum atomic E-state index is 12.4. The summed E-state index contributed by atoms with van der Waals surface area (Å²) in [7, 11) is 0. The van der Waals surface area contributed by atoms with E-state index in [1.54, 1.807) is 24.3 Å². The van der Waals surface area contributed by atoms with Gasteiger partial charge in [0, 0.05) is 34.8 Å². The van der Waals surface area contributed by atoms with Crippen molar-refractivity contribution in [1.29, 1.82) is 0 Å². The number of rotatable bonds is 7. The molecule has 0 aliphatic carbocycles. The molecule has 1 saturated heterocycles. The number of para-hydroxylation sites is 1. The summed E-state index contributed by atoms with van der Waals surface area (Å²) < 4.78 is 7.87. The fraction of sp³-hybridized carbons (Fsp3) is 0.250. The van der Waals surface area contributed by atoms with Crippen LogP contribution in [0.2, 0.25) is 0 Å². The molecule has 0 spiro atoms. The van der Waals surface area contributed by atoms with E-state index in [1.807, 2.05) is 41.1 Å². The standard InChI is InChI=1S/C24H23N5O3S/c30-21(26-23(31)16-7-2-1-3-8-16)15-33-24-28-27-22(29(24)14-17-9-6-12-32-17)19-13-25-20-11-5-4-10-18(19)20/h1-5,7-8,10-11,13,17,25H,6,9,12,14-15H2,(H,26,30,31). The minimum absolute atomic E-state index is 0.0517. The van der Waals surface area contributed by atoms with Gasteiger partial charge < -0.3 is 9.72 Å². The summed E-state index contributed by atoms with van der Waals surface area (Å²) in [6.45, 7) is 1.36. The summed E-state index contributed by atoms with van der Waals surface area (Å²) in [6.07, 6.45) is 4.02. The van der Waals surface area contributed by atoms with E-state index in [4.69, 9.17) is 4.74 Å². The molecule has 1 fully saturated rings. The first-order valence-corrected chi connectivity index (χ1v) is 11.8. The normalized spacial score (nSPS) is 15.7. The molecule has 168 valence electrons. The SMILES string of the molecule is O=C(CSc1nnc(-c2c[nH]c3ccccc23)n1CC1CCCO1)NC(=O)c1ccccc1. The van der Waals surface area contributed by atoms with Crippen molar-refractivity contribution in [3.05, 3.63) is 66.4 Å². The fourth-order valence-corrected chi connectivity index (χ4v) is 4.71. The Kier molecular flexibility index (Phi) is 6.23. The van der Waals surface area contributed by atoms with Crippen molar-refractivity contribution < 1.29 is 14.3 Å². The quantitative estimate of drug-likeness (QED) is 0.407. The van der Waals surface area contributed by atoms with Crippen LogP contribution in [0.4, 0.5) is 0 Å². The van der Waals surface area contributed by atoms with E-state index in [0.717, 1.165) is 41.7 Å². The van der Waals surface area contributed by atoms with E-state index in [2.05, 4.69) is 20.5 Å². The Bertz CT molecular complexity index is 1280. The molecule has 1 aliphatic heterocycles. The Labute approximate surface area is 194 Å². The Morgan fingerprint density at radius 2 is 1.94 bits per heavy atom. The second-order valence-corrected chi connectivity index (χ2v) is 8.77. The molecule has 2 aromatic heterocycles. The fourth-order valence-electron chi connectivity index (χ4n) is 3.96. The Hall–Kier alpha value is -3.43.